The number of nitrogens with zero attached hydrogens (tertiary/aromatic N) is 2. The predicted molar refractivity (Wildman–Crippen MR) is 111 cm³/mol. The van der Waals surface area contributed by atoms with Crippen molar-refractivity contribution in [3.8, 4) is 11.5 Å². The summed E-state index contributed by atoms with van der Waals surface area (Å²) < 4.78 is 17.2. The van der Waals surface area contributed by atoms with Crippen molar-refractivity contribution in [2.75, 3.05) is 52.3 Å². The Bertz CT molecular complexity index is 799. The number of benzene rings is 1. The fourth-order valence-electron chi connectivity index (χ4n) is 4.38. The van der Waals surface area contributed by atoms with E-state index in [4.69, 9.17) is 19.9 Å². The van der Waals surface area contributed by atoms with E-state index in [0.717, 1.165) is 61.4 Å². The first-order valence-corrected chi connectivity index (χ1v) is 10.5. The highest BCUT2D eigenvalue weighted by Crippen LogP contribution is 2.38. The third-order valence-electron chi connectivity index (χ3n) is 5.88. The molecule has 2 saturated heterocycles. The maximum absolute atomic E-state index is 6.12. The van der Waals surface area contributed by atoms with Crippen LogP contribution in [0.25, 0.3) is 10.9 Å². The minimum Gasteiger partial charge on any atom is -0.493 e. The molecule has 2 aliphatic heterocycles. The van der Waals surface area contributed by atoms with Crippen molar-refractivity contribution in [1.82, 2.24) is 9.88 Å². The van der Waals surface area contributed by atoms with Gasteiger partial charge in [-0.25, -0.2) is 4.98 Å². The molecule has 0 aliphatic carbocycles. The molecule has 4 rings (SSSR count). The molecular weight excluding hydrogens is 354 g/mol. The lowest BCUT2D eigenvalue weighted by atomic mass is 9.89. The van der Waals surface area contributed by atoms with Crippen molar-refractivity contribution in [1.29, 1.82) is 0 Å². The van der Waals surface area contributed by atoms with E-state index >= 15 is 0 Å². The normalized spacial score (nSPS) is 18.6. The van der Waals surface area contributed by atoms with Crippen LogP contribution in [0, 0.1) is 0 Å². The highest BCUT2D eigenvalue weighted by Gasteiger charge is 2.21. The van der Waals surface area contributed by atoms with Crippen molar-refractivity contribution in [2.24, 2.45) is 0 Å². The molecule has 0 atom stereocenters. The van der Waals surface area contributed by atoms with Crippen LogP contribution in [0.3, 0.4) is 0 Å². The lowest BCUT2D eigenvalue weighted by molar-refractivity contribution is 0.0856. The number of ether oxygens (including phenoxy) is 3. The van der Waals surface area contributed by atoms with Crippen molar-refractivity contribution >= 4 is 16.7 Å². The summed E-state index contributed by atoms with van der Waals surface area (Å²) >= 11 is 0. The van der Waals surface area contributed by atoms with E-state index in [2.05, 4.69) is 16.0 Å². The first-order valence-electron chi connectivity index (χ1n) is 10.5. The molecule has 0 unspecified atom stereocenters. The number of anilines is 1. The lowest BCUT2D eigenvalue weighted by Crippen LogP contribution is -2.21. The summed E-state index contributed by atoms with van der Waals surface area (Å²) in [4.78, 5) is 7.06. The first-order chi connectivity index (χ1) is 13.7. The van der Waals surface area contributed by atoms with Gasteiger partial charge in [-0.15, -0.1) is 0 Å². The standard InChI is InChI=1S/C22H31N3O3/c1-26-20-13-18-17(16-5-11-27-12-6-16)14-22(23)24-19(18)15-21(20)28-10-4-9-25-7-2-3-8-25/h13-16H,2-12H2,1H3,(H2,23,24). The quantitative estimate of drug-likeness (QED) is 0.735. The molecule has 3 heterocycles. The maximum Gasteiger partial charge on any atom is 0.163 e. The van der Waals surface area contributed by atoms with Crippen molar-refractivity contribution in [3.05, 3.63) is 23.8 Å². The maximum atomic E-state index is 6.12. The summed E-state index contributed by atoms with van der Waals surface area (Å²) in [6.07, 6.45) is 5.67. The fourth-order valence-corrected chi connectivity index (χ4v) is 4.38. The third-order valence-corrected chi connectivity index (χ3v) is 5.88. The van der Waals surface area contributed by atoms with E-state index in [0.29, 0.717) is 18.3 Å². The zero-order valence-corrected chi connectivity index (χ0v) is 16.8. The van der Waals surface area contributed by atoms with Gasteiger partial charge in [-0.05, 0) is 68.8 Å². The molecule has 152 valence electrons. The average molecular weight is 386 g/mol. The molecule has 6 heteroatoms. The van der Waals surface area contributed by atoms with Gasteiger partial charge in [-0.1, -0.05) is 0 Å². The van der Waals surface area contributed by atoms with Crippen LogP contribution in [-0.2, 0) is 4.74 Å². The summed E-state index contributed by atoms with van der Waals surface area (Å²) in [6.45, 7) is 5.80. The monoisotopic (exact) mass is 385 g/mol. The van der Waals surface area contributed by atoms with E-state index in [1.165, 1.54) is 31.5 Å². The van der Waals surface area contributed by atoms with Crippen LogP contribution in [0.1, 0.15) is 43.6 Å². The molecule has 2 fully saturated rings. The fraction of sp³-hybridized carbons (Fsp3) is 0.591. The molecule has 0 bridgehead atoms. The van der Waals surface area contributed by atoms with Crippen molar-refractivity contribution < 1.29 is 14.2 Å². The summed E-state index contributed by atoms with van der Waals surface area (Å²) in [5.41, 5.74) is 8.24. The molecule has 1 aromatic carbocycles. The lowest BCUT2D eigenvalue weighted by Gasteiger charge is -2.24. The minimum atomic E-state index is 0.443. The number of aromatic nitrogens is 1. The minimum absolute atomic E-state index is 0.443. The molecule has 0 spiro atoms. The second-order valence-electron chi connectivity index (χ2n) is 7.79. The number of fused-ring (bicyclic) bond motifs is 1. The van der Waals surface area contributed by atoms with Crippen LogP contribution in [0.2, 0.25) is 0 Å². The molecule has 2 N–H and O–H groups in total. The van der Waals surface area contributed by atoms with Crippen LogP contribution in [0.4, 0.5) is 5.82 Å². The van der Waals surface area contributed by atoms with E-state index in [9.17, 15) is 0 Å². The van der Waals surface area contributed by atoms with E-state index < -0.39 is 0 Å². The molecular formula is C22H31N3O3. The van der Waals surface area contributed by atoms with Crippen LogP contribution < -0.4 is 15.2 Å². The Labute approximate surface area is 167 Å². The third kappa shape index (κ3) is 4.33. The second kappa shape index (κ2) is 8.97. The summed E-state index contributed by atoms with van der Waals surface area (Å²) in [5, 5.41) is 1.10. The summed E-state index contributed by atoms with van der Waals surface area (Å²) in [7, 11) is 1.69. The SMILES string of the molecule is COc1cc2c(C3CCOCC3)cc(N)nc2cc1OCCCN1CCCC1. The smallest absolute Gasteiger partial charge is 0.163 e. The van der Waals surface area contributed by atoms with Gasteiger partial charge in [0.05, 0.1) is 19.2 Å². The predicted octanol–water partition coefficient (Wildman–Crippen LogP) is 3.58. The molecule has 0 radical (unpaired) electrons. The Balaban J connectivity index is 1.53. The molecule has 0 amide bonds. The highest BCUT2D eigenvalue weighted by molar-refractivity contribution is 5.87. The number of likely N-dealkylation sites (tertiary alicyclic amines) is 1. The van der Waals surface area contributed by atoms with Gasteiger partial charge in [0, 0.05) is 31.2 Å². The van der Waals surface area contributed by atoms with Gasteiger partial charge in [0.1, 0.15) is 5.82 Å². The Morgan fingerprint density at radius 3 is 2.68 bits per heavy atom. The van der Waals surface area contributed by atoms with Crippen molar-refractivity contribution in [3.63, 3.8) is 0 Å². The average Bonchev–Trinajstić information content (AvgIpc) is 3.24. The molecule has 1 aromatic heterocycles. The largest absolute Gasteiger partial charge is 0.493 e. The van der Waals surface area contributed by atoms with Crippen molar-refractivity contribution in [2.45, 2.75) is 38.0 Å². The van der Waals surface area contributed by atoms with Gasteiger partial charge in [0.2, 0.25) is 0 Å². The first kappa shape index (κ1) is 19.3. The number of pyridine rings is 1. The zero-order chi connectivity index (χ0) is 19.3. The Kier molecular flexibility index (Phi) is 6.17. The number of rotatable bonds is 7. The van der Waals surface area contributed by atoms with Crippen LogP contribution in [0.15, 0.2) is 18.2 Å². The van der Waals surface area contributed by atoms with E-state index in [-0.39, 0.29) is 0 Å². The van der Waals surface area contributed by atoms with Gasteiger partial charge in [0.25, 0.3) is 0 Å². The van der Waals surface area contributed by atoms with Gasteiger partial charge in [-0.2, -0.15) is 0 Å². The van der Waals surface area contributed by atoms with Crippen LogP contribution in [-0.4, -0.2) is 56.4 Å². The summed E-state index contributed by atoms with van der Waals surface area (Å²) in [5.74, 6) is 2.50. The van der Waals surface area contributed by atoms with Crippen LogP contribution in [0.5, 0.6) is 11.5 Å². The molecule has 28 heavy (non-hydrogen) atoms. The molecule has 2 aliphatic rings. The summed E-state index contributed by atoms with van der Waals surface area (Å²) in [6, 6.07) is 6.04. The molecule has 0 saturated carbocycles. The number of nitrogen functional groups attached to an aromatic ring is 1. The Hall–Kier alpha value is -2.05. The van der Waals surface area contributed by atoms with E-state index in [1.807, 2.05) is 12.1 Å². The number of hydrogen-bond donors (Lipinski definition) is 1. The molecule has 6 nitrogen and oxygen atoms in total. The molecule has 2 aromatic rings. The van der Waals surface area contributed by atoms with Crippen LogP contribution >= 0.6 is 0 Å². The second-order valence-corrected chi connectivity index (χ2v) is 7.79. The van der Waals surface area contributed by atoms with Gasteiger partial charge in [0.15, 0.2) is 11.5 Å². The topological polar surface area (TPSA) is 69.8 Å². The number of methoxy groups -OCH3 is 1. The van der Waals surface area contributed by atoms with Gasteiger partial charge < -0.3 is 24.8 Å². The van der Waals surface area contributed by atoms with E-state index in [1.54, 1.807) is 7.11 Å². The zero-order valence-electron chi connectivity index (χ0n) is 16.8. The van der Waals surface area contributed by atoms with Gasteiger partial charge in [-0.3, -0.25) is 0 Å². The Morgan fingerprint density at radius 1 is 1.14 bits per heavy atom. The number of hydrogen-bond acceptors (Lipinski definition) is 6. The highest BCUT2D eigenvalue weighted by atomic mass is 16.5. The number of nitrogens with two attached hydrogens (primary N) is 1. The van der Waals surface area contributed by atoms with Gasteiger partial charge >= 0.3 is 0 Å². The Morgan fingerprint density at radius 2 is 1.93 bits per heavy atom.